The molecule has 2 N–H and O–H groups in total. The molecule has 0 atom stereocenters. The molecule has 27 heavy (non-hydrogen) atoms. The lowest BCUT2D eigenvalue weighted by atomic mass is 10.1. The van der Waals surface area contributed by atoms with E-state index in [1.54, 1.807) is 22.7 Å². The lowest BCUT2D eigenvalue weighted by Crippen LogP contribution is -2.26. The van der Waals surface area contributed by atoms with Crippen molar-refractivity contribution in [3.8, 4) is 11.8 Å². The van der Waals surface area contributed by atoms with Gasteiger partial charge >= 0.3 is 0 Å². The Hall–Kier alpha value is -3.40. The van der Waals surface area contributed by atoms with Gasteiger partial charge in [0.1, 0.15) is 17.4 Å². The number of rotatable bonds is 6. The van der Waals surface area contributed by atoms with Gasteiger partial charge in [-0.25, -0.2) is 9.50 Å². The van der Waals surface area contributed by atoms with E-state index in [1.807, 2.05) is 19.9 Å². The van der Waals surface area contributed by atoms with Gasteiger partial charge in [-0.3, -0.25) is 4.79 Å². The summed E-state index contributed by atoms with van der Waals surface area (Å²) in [4.78, 5) is 16.6. The maximum atomic E-state index is 12.2. The molecule has 0 saturated heterocycles. The smallest absolute Gasteiger partial charge is 0.220 e. The topological polar surface area (TPSA) is 103 Å². The quantitative estimate of drug-likeness (QED) is 0.699. The molecule has 0 radical (unpaired) electrons. The van der Waals surface area contributed by atoms with Crippen molar-refractivity contribution >= 4 is 11.6 Å². The van der Waals surface area contributed by atoms with E-state index in [0.717, 1.165) is 22.5 Å². The van der Waals surface area contributed by atoms with Gasteiger partial charge < -0.3 is 10.4 Å². The van der Waals surface area contributed by atoms with Crippen molar-refractivity contribution in [2.75, 3.05) is 6.54 Å². The lowest BCUT2D eigenvalue weighted by molar-refractivity contribution is -0.121. The van der Waals surface area contributed by atoms with Crippen LogP contribution >= 0.6 is 0 Å². The molecule has 7 nitrogen and oxygen atoms in total. The number of nitriles is 1. The predicted octanol–water partition coefficient (Wildman–Crippen LogP) is 2.21. The van der Waals surface area contributed by atoms with Gasteiger partial charge in [-0.05, 0) is 49.9 Å². The van der Waals surface area contributed by atoms with E-state index >= 15 is 0 Å². The van der Waals surface area contributed by atoms with Crippen LogP contribution in [0.3, 0.4) is 0 Å². The van der Waals surface area contributed by atoms with Crippen LogP contribution < -0.4 is 5.32 Å². The Morgan fingerprint density at radius 2 is 2.15 bits per heavy atom. The van der Waals surface area contributed by atoms with Crippen LogP contribution in [0.2, 0.25) is 0 Å². The zero-order valence-corrected chi connectivity index (χ0v) is 15.4. The van der Waals surface area contributed by atoms with E-state index in [2.05, 4.69) is 21.5 Å². The van der Waals surface area contributed by atoms with Gasteiger partial charge in [-0.1, -0.05) is 12.1 Å². The molecule has 7 heteroatoms. The largest absolute Gasteiger partial charge is 0.508 e. The normalized spacial score (nSPS) is 10.7. The van der Waals surface area contributed by atoms with Crippen molar-refractivity contribution < 1.29 is 9.90 Å². The molecule has 2 aromatic heterocycles. The van der Waals surface area contributed by atoms with Gasteiger partial charge in [-0.2, -0.15) is 10.4 Å². The zero-order valence-electron chi connectivity index (χ0n) is 15.4. The number of phenols is 1. The highest BCUT2D eigenvalue weighted by molar-refractivity contribution is 5.76. The lowest BCUT2D eigenvalue weighted by Gasteiger charge is -2.11. The number of carbonyl (C=O) groups excluding carboxylic acids is 1. The molecule has 3 aromatic rings. The van der Waals surface area contributed by atoms with Gasteiger partial charge in [-0.15, -0.1) is 0 Å². The maximum Gasteiger partial charge on any atom is 0.220 e. The first-order valence-corrected chi connectivity index (χ1v) is 8.78. The van der Waals surface area contributed by atoms with Crippen LogP contribution in [0.1, 0.15) is 34.5 Å². The summed E-state index contributed by atoms with van der Waals surface area (Å²) in [5.74, 6) is 0.193. The average Bonchev–Trinajstić information content (AvgIpc) is 3.04. The molecule has 0 bridgehead atoms. The number of aromatic nitrogens is 3. The minimum atomic E-state index is -0.0350. The van der Waals surface area contributed by atoms with Gasteiger partial charge in [0.2, 0.25) is 5.91 Å². The number of amides is 1. The summed E-state index contributed by atoms with van der Waals surface area (Å²) in [6.45, 7) is 4.32. The number of aryl methyl sites for hydroxylation is 2. The maximum absolute atomic E-state index is 12.2. The van der Waals surface area contributed by atoms with Crippen LogP contribution in [0, 0.1) is 25.2 Å². The van der Waals surface area contributed by atoms with Crippen molar-refractivity contribution in [1.82, 2.24) is 19.9 Å². The van der Waals surface area contributed by atoms with E-state index in [1.165, 1.54) is 6.20 Å². The van der Waals surface area contributed by atoms with E-state index < -0.39 is 0 Å². The second-order valence-electron chi connectivity index (χ2n) is 6.44. The fraction of sp³-hybridized carbons (Fsp3) is 0.300. The Morgan fingerprint density at radius 3 is 2.89 bits per heavy atom. The third-order valence-corrected chi connectivity index (χ3v) is 4.58. The van der Waals surface area contributed by atoms with Crippen LogP contribution in [0.25, 0.3) is 5.65 Å². The molecule has 3 rings (SSSR count). The average molecular weight is 363 g/mol. The molecule has 0 aliphatic heterocycles. The second kappa shape index (κ2) is 7.87. The van der Waals surface area contributed by atoms with Gasteiger partial charge in [0.05, 0.1) is 6.20 Å². The van der Waals surface area contributed by atoms with Crippen molar-refractivity contribution in [3.63, 3.8) is 0 Å². The fourth-order valence-corrected chi connectivity index (χ4v) is 3.14. The number of hydrogen-bond acceptors (Lipinski definition) is 5. The fourth-order valence-electron chi connectivity index (χ4n) is 3.14. The third-order valence-electron chi connectivity index (χ3n) is 4.58. The Kier molecular flexibility index (Phi) is 5.36. The standard InChI is InChI=1S/C20H21N5O2/c1-13-18(14(2)25-20(24-13)16(11-21)12-23-25)6-7-19(27)22-9-8-15-4-3-5-17(26)10-15/h3-5,10,12,26H,6-9H2,1-2H3,(H,22,27). The number of fused-ring (bicyclic) bond motifs is 1. The first-order chi connectivity index (χ1) is 13.0. The minimum absolute atomic E-state index is 0.0350. The van der Waals surface area contributed by atoms with Crippen LogP contribution in [0.15, 0.2) is 30.5 Å². The van der Waals surface area contributed by atoms with E-state index in [0.29, 0.717) is 37.0 Å². The predicted molar refractivity (Wildman–Crippen MR) is 100 cm³/mol. The number of aromatic hydroxyl groups is 1. The van der Waals surface area contributed by atoms with Gasteiger partial charge in [0.15, 0.2) is 5.65 Å². The van der Waals surface area contributed by atoms with E-state index in [9.17, 15) is 9.90 Å². The number of nitrogens with one attached hydrogen (secondary N) is 1. The molecule has 0 saturated carbocycles. The number of hydrogen-bond donors (Lipinski definition) is 2. The summed E-state index contributed by atoms with van der Waals surface area (Å²) in [6, 6.07) is 9.11. The Labute approximate surface area is 157 Å². The van der Waals surface area contributed by atoms with Crippen molar-refractivity contribution in [2.24, 2.45) is 0 Å². The molecule has 0 spiro atoms. The highest BCUT2D eigenvalue weighted by atomic mass is 16.3. The summed E-state index contributed by atoms with van der Waals surface area (Å²) < 4.78 is 1.65. The molecule has 0 unspecified atom stereocenters. The highest BCUT2D eigenvalue weighted by Gasteiger charge is 2.14. The number of carbonyl (C=O) groups is 1. The van der Waals surface area contributed by atoms with Crippen LogP contribution in [0.4, 0.5) is 0 Å². The second-order valence-corrected chi connectivity index (χ2v) is 6.44. The van der Waals surface area contributed by atoms with Crippen molar-refractivity contribution in [2.45, 2.75) is 33.1 Å². The van der Waals surface area contributed by atoms with Crippen molar-refractivity contribution in [1.29, 1.82) is 5.26 Å². The Balaban J connectivity index is 1.59. The number of benzene rings is 1. The number of phenolic OH excluding ortho intramolecular Hbond substituents is 1. The molecular formula is C20H21N5O2. The summed E-state index contributed by atoms with van der Waals surface area (Å²) >= 11 is 0. The molecule has 1 amide bonds. The first kappa shape index (κ1) is 18.4. The highest BCUT2D eigenvalue weighted by Crippen LogP contribution is 2.18. The van der Waals surface area contributed by atoms with Crippen LogP contribution in [-0.2, 0) is 17.6 Å². The zero-order chi connectivity index (χ0) is 19.4. The summed E-state index contributed by atoms with van der Waals surface area (Å²) in [6.07, 6.45) is 3.07. The van der Waals surface area contributed by atoms with Crippen LogP contribution in [-0.4, -0.2) is 32.2 Å². The Bertz CT molecular complexity index is 1030. The SMILES string of the molecule is Cc1nc2c(C#N)cnn2c(C)c1CCC(=O)NCCc1cccc(O)c1. The molecule has 2 heterocycles. The summed E-state index contributed by atoms with van der Waals surface area (Å²) in [7, 11) is 0. The minimum Gasteiger partial charge on any atom is -0.508 e. The molecule has 1 aromatic carbocycles. The molecule has 138 valence electrons. The molecule has 0 aliphatic carbocycles. The van der Waals surface area contributed by atoms with E-state index in [4.69, 9.17) is 5.26 Å². The van der Waals surface area contributed by atoms with Crippen molar-refractivity contribution in [3.05, 3.63) is 58.5 Å². The number of nitrogens with zero attached hydrogens (tertiary/aromatic N) is 4. The monoisotopic (exact) mass is 363 g/mol. The molecular weight excluding hydrogens is 342 g/mol. The molecule has 0 fully saturated rings. The van der Waals surface area contributed by atoms with E-state index in [-0.39, 0.29) is 11.7 Å². The van der Waals surface area contributed by atoms with Gasteiger partial charge in [0, 0.05) is 24.4 Å². The third kappa shape index (κ3) is 4.06. The summed E-state index contributed by atoms with van der Waals surface area (Å²) in [5, 5.41) is 25.7. The van der Waals surface area contributed by atoms with Crippen LogP contribution in [0.5, 0.6) is 5.75 Å². The van der Waals surface area contributed by atoms with Gasteiger partial charge in [0.25, 0.3) is 0 Å². The Morgan fingerprint density at radius 1 is 1.33 bits per heavy atom. The first-order valence-electron chi connectivity index (χ1n) is 8.78. The molecule has 0 aliphatic rings. The summed E-state index contributed by atoms with van der Waals surface area (Å²) in [5.41, 5.74) is 4.64.